The van der Waals surface area contributed by atoms with Crippen molar-refractivity contribution < 1.29 is 14.3 Å². The lowest BCUT2D eigenvalue weighted by Gasteiger charge is -2.13. The molecule has 1 aromatic rings. The van der Waals surface area contributed by atoms with Crippen LogP contribution in [0.1, 0.15) is 39.5 Å². The maximum atomic E-state index is 12.0. The predicted molar refractivity (Wildman–Crippen MR) is 92.1 cm³/mol. The molecule has 1 saturated carbocycles. The normalized spacial score (nSPS) is 14.8. The molecule has 0 aliphatic heterocycles. The summed E-state index contributed by atoms with van der Waals surface area (Å²) in [5.41, 5.74) is 0.754. The van der Waals surface area contributed by atoms with E-state index in [4.69, 9.17) is 9.47 Å². The van der Waals surface area contributed by atoms with Crippen LogP contribution in [0.4, 0.5) is 5.69 Å². The zero-order valence-corrected chi connectivity index (χ0v) is 14.2. The van der Waals surface area contributed by atoms with E-state index in [0.29, 0.717) is 35.7 Å². The van der Waals surface area contributed by atoms with Crippen molar-refractivity contribution in [3.63, 3.8) is 0 Å². The molecule has 0 spiro atoms. The Morgan fingerprint density at radius 3 is 2.55 bits per heavy atom. The van der Waals surface area contributed by atoms with E-state index in [1.165, 1.54) is 25.7 Å². The van der Waals surface area contributed by atoms with Crippen molar-refractivity contribution in [2.75, 3.05) is 24.3 Å². The van der Waals surface area contributed by atoms with E-state index in [-0.39, 0.29) is 5.91 Å². The molecule has 0 atom stereocenters. The van der Waals surface area contributed by atoms with Crippen LogP contribution in [0.3, 0.4) is 0 Å². The SMILES string of the molecule is CCOc1ccc(NC(=O)CSC2CCCC2)cc1OCC. The van der Waals surface area contributed by atoms with E-state index in [1.54, 1.807) is 11.8 Å². The van der Waals surface area contributed by atoms with Crippen molar-refractivity contribution in [1.29, 1.82) is 0 Å². The molecule has 5 heteroatoms. The minimum atomic E-state index is 0.0449. The molecule has 0 radical (unpaired) electrons. The first-order chi connectivity index (χ1) is 10.7. The second-order valence-electron chi connectivity index (χ2n) is 5.29. The average Bonchev–Trinajstić information content (AvgIpc) is 3.02. The Balaban J connectivity index is 1.90. The van der Waals surface area contributed by atoms with Gasteiger partial charge in [-0.25, -0.2) is 0 Å². The highest BCUT2D eigenvalue weighted by Gasteiger charge is 2.17. The predicted octanol–water partition coefficient (Wildman–Crippen LogP) is 4.10. The molecule has 1 aliphatic rings. The third-order valence-electron chi connectivity index (χ3n) is 3.58. The van der Waals surface area contributed by atoms with Gasteiger partial charge in [0.1, 0.15) is 0 Å². The van der Waals surface area contributed by atoms with Gasteiger partial charge in [0, 0.05) is 17.0 Å². The van der Waals surface area contributed by atoms with E-state index in [0.717, 1.165) is 5.69 Å². The van der Waals surface area contributed by atoms with Gasteiger partial charge < -0.3 is 14.8 Å². The van der Waals surface area contributed by atoms with E-state index in [9.17, 15) is 4.79 Å². The van der Waals surface area contributed by atoms with Crippen LogP contribution in [-0.2, 0) is 4.79 Å². The second-order valence-corrected chi connectivity index (χ2v) is 6.58. The summed E-state index contributed by atoms with van der Waals surface area (Å²) >= 11 is 1.77. The maximum Gasteiger partial charge on any atom is 0.234 e. The molecule has 0 heterocycles. The van der Waals surface area contributed by atoms with Gasteiger partial charge in [0.15, 0.2) is 11.5 Å². The summed E-state index contributed by atoms with van der Waals surface area (Å²) in [5.74, 6) is 1.94. The number of hydrogen-bond donors (Lipinski definition) is 1. The Morgan fingerprint density at radius 1 is 1.18 bits per heavy atom. The minimum Gasteiger partial charge on any atom is -0.490 e. The number of amides is 1. The van der Waals surface area contributed by atoms with Gasteiger partial charge in [-0.1, -0.05) is 12.8 Å². The number of nitrogens with one attached hydrogen (secondary N) is 1. The third kappa shape index (κ3) is 5.13. The fourth-order valence-corrected chi connectivity index (χ4v) is 3.70. The first kappa shape index (κ1) is 17.0. The average molecular weight is 323 g/mol. The zero-order chi connectivity index (χ0) is 15.8. The summed E-state index contributed by atoms with van der Waals surface area (Å²) in [6, 6.07) is 5.52. The number of thioether (sulfide) groups is 1. The smallest absolute Gasteiger partial charge is 0.234 e. The summed E-state index contributed by atoms with van der Waals surface area (Å²) in [4.78, 5) is 12.0. The highest BCUT2D eigenvalue weighted by atomic mass is 32.2. The summed E-state index contributed by atoms with van der Waals surface area (Å²) in [5, 5.41) is 3.60. The molecule has 122 valence electrons. The lowest BCUT2D eigenvalue weighted by Crippen LogP contribution is -2.16. The van der Waals surface area contributed by atoms with Crippen LogP contribution in [0.5, 0.6) is 11.5 Å². The van der Waals surface area contributed by atoms with E-state index >= 15 is 0 Å². The largest absolute Gasteiger partial charge is 0.490 e. The van der Waals surface area contributed by atoms with Gasteiger partial charge in [-0.15, -0.1) is 11.8 Å². The fourth-order valence-electron chi connectivity index (χ4n) is 2.57. The molecule has 1 aliphatic carbocycles. The summed E-state index contributed by atoms with van der Waals surface area (Å²) in [6.45, 7) is 5.02. The van der Waals surface area contributed by atoms with Crippen molar-refractivity contribution in [3.05, 3.63) is 18.2 Å². The van der Waals surface area contributed by atoms with Crippen molar-refractivity contribution in [3.8, 4) is 11.5 Å². The van der Waals surface area contributed by atoms with E-state index < -0.39 is 0 Å². The highest BCUT2D eigenvalue weighted by molar-refractivity contribution is 8.00. The molecule has 4 nitrogen and oxygen atoms in total. The van der Waals surface area contributed by atoms with Gasteiger partial charge >= 0.3 is 0 Å². The lowest BCUT2D eigenvalue weighted by atomic mass is 10.2. The number of carbonyl (C=O) groups is 1. The van der Waals surface area contributed by atoms with Crippen LogP contribution in [0, 0.1) is 0 Å². The number of carbonyl (C=O) groups excluding carboxylic acids is 1. The molecule has 2 rings (SSSR count). The molecule has 0 aromatic heterocycles. The highest BCUT2D eigenvalue weighted by Crippen LogP contribution is 2.31. The Hall–Kier alpha value is -1.36. The Morgan fingerprint density at radius 2 is 1.86 bits per heavy atom. The quantitative estimate of drug-likeness (QED) is 0.782. The van der Waals surface area contributed by atoms with Crippen molar-refractivity contribution in [2.24, 2.45) is 0 Å². The van der Waals surface area contributed by atoms with Gasteiger partial charge in [-0.3, -0.25) is 4.79 Å². The van der Waals surface area contributed by atoms with Gasteiger partial charge in [0.05, 0.1) is 19.0 Å². The summed E-state index contributed by atoms with van der Waals surface area (Å²) in [7, 11) is 0. The van der Waals surface area contributed by atoms with Crippen LogP contribution >= 0.6 is 11.8 Å². The van der Waals surface area contributed by atoms with Gasteiger partial charge in [0.25, 0.3) is 0 Å². The Bertz CT molecular complexity index is 487. The van der Waals surface area contributed by atoms with Crippen molar-refractivity contribution >= 4 is 23.4 Å². The first-order valence-corrected chi connectivity index (χ1v) is 9.09. The maximum absolute atomic E-state index is 12.0. The number of rotatable bonds is 8. The minimum absolute atomic E-state index is 0.0449. The molecule has 1 N–H and O–H groups in total. The number of hydrogen-bond acceptors (Lipinski definition) is 4. The number of ether oxygens (including phenoxy) is 2. The molecular formula is C17H25NO3S. The monoisotopic (exact) mass is 323 g/mol. The van der Waals surface area contributed by atoms with Gasteiger partial charge in [0.2, 0.25) is 5.91 Å². The van der Waals surface area contributed by atoms with Crippen LogP contribution < -0.4 is 14.8 Å². The zero-order valence-electron chi connectivity index (χ0n) is 13.4. The molecule has 1 amide bonds. The summed E-state index contributed by atoms with van der Waals surface area (Å²) in [6.07, 6.45) is 5.09. The number of anilines is 1. The van der Waals surface area contributed by atoms with E-state index in [1.807, 2.05) is 32.0 Å². The van der Waals surface area contributed by atoms with Crippen LogP contribution in [0.15, 0.2) is 18.2 Å². The first-order valence-electron chi connectivity index (χ1n) is 8.04. The molecule has 1 fully saturated rings. The molecule has 22 heavy (non-hydrogen) atoms. The molecule has 0 bridgehead atoms. The molecular weight excluding hydrogens is 298 g/mol. The molecule has 1 aromatic carbocycles. The second kappa shape index (κ2) is 8.93. The van der Waals surface area contributed by atoms with Gasteiger partial charge in [-0.05, 0) is 38.8 Å². The molecule has 0 unspecified atom stereocenters. The van der Waals surface area contributed by atoms with Gasteiger partial charge in [-0.2, -0.15) is 0 Å². The Kier molecular flexibility index (Phi) is 6.90. The van der Waals surface area contributed by atoms with Crippen LogP contribution in [-0.4, -0.2) is 30.1 Å². The van der Waals surface area contributed by atoms with Crippen molar-refractivity contribution in [1.82, 2.24) is 0 Å². The lowest BCUT2D eigenvalue weighted by molar-refractivity contribution is -0.113. The third-order valence-corrected chi connectivity index (χ3v) is 4.95. The summed E-state index contributed by atoms with van der Waals surface area (Å²) < 4.78 is 11.1. The standard InChI is InChI=1S/C17H25NO3S/c1-3-20-15-10-9-13(11-16(15)21-4-2)18-17(19)12-22-14-7-5-6-8-14/h9-11,14H,3-8,12H2,1-2H3,(H,18,19). The van der Waals surface area contributed by atoms with Crippen LogP contribution in [0.25, 0.3) is 0 Å². The fraction of sp³-hybridized carbons (Fsp3) is 0.588. The molecule has 0 saturated heterocycles. The van der Waals surface area contributed by atoms with Crippen LogP contribution in [0.2, 0.25) is 0 Å². The number of benzene rings is 1. The van der Waals surface area contributed by atoms with Crippen molar-refractivity contribution in [2.45, 2.75) is 44.8 Å². The topological polar surface area (TPSA) is 47.6 Å². The van der Waals surface area contributed by atoms with E-state index in [2.05, 4.69) is 5.32 Å². The Labute approximate surface area is 137 Å².